The molecular weight excluding hydrogens is 404 g/mol. The van der Waals surface area contributed by atoms with Gasteiger partial charge in [-0.05, 0) is 54.1 Å². The first-order chi connectivity index (χ1) is 14.2. The van der Waals surface area contributed by atoms with E-state index >= 15 is 0 Å². The third-order valence-electron chi connectivity index (χ3n) is 5.16. The second-order valence-corrected chi connectivity index (χ2v) is 9.15. The quantitative estimate of drug-likeness (QED) is 0.662. The molecule has 2 aromatic heterocycles. The van der Waals surface area contributed by atoms with E-state index in [4.69, 9.17) is 0 Å². The summed E-state index contributed by atoms with van der Waals surface area (Å²) in [6.45, 7) is 1.31. The molecule has 0 atom stereocenters. The summed E-state index contributed by atoms with van der Waals surface area (Å²) in [6.07, 6.45) is 4.89. The van der Waals surface area contributed by atoms with Crippen molar-refractivity contribution in [1.29, 1.82) is 0 Å². The van der Waals surface area contributed by atoms with Crippen LogP contribution in [0.1, 0.15) is 20.8 Å². The number of benzene rings is 1. The zero-order valence-corrected chi connectivity index (χ0v) is 17.3. The van der Waals surface area contributed by atoms with E-state index < -0.39 is 0 Å². The molecule has 6 nitrogen and oxygen atoms in total. The Morgan fingerprint density at radius 1 is 1.14 bits per heavy atom. The molecule has 148 valence electrons. The summed E-state index contributed by atoms with van der Waals surface area (Å²) in [5.74, 6) is 1.93. The van der Waals surface area contributed by atoms with Gasteiger partial charge in [0.05, 0.1) is 5.56 Å². The molecule has 0 spiro atoms. The number of thioether (sulfide) groups is 1. The van der Waals surface area contributed by atoms with Crippen molar-refractivity contribution in [2.75, 3.05) is 29.1 Å². The van der Waals surface area contributed by atoms with E-state index in [2.05, 4.69) is 10.6 Å². The molecule has 0 aliphatic carbocycles. The van der Waals surface area contributed by atoms with E-state index in [1.165, 1.54) is 10.4 Å². The first-order valence-corrected chi connectivity index (χ1v) is 11.5. The maximum Gasteiger partial charge on any atom is 0.321 e. The van der Waals surface area contributed by atoms with E-state index in [1.807, 2.05) is 65.1 Å². The minimum atomic E-state index is -0.0825. The number of fused-ring (bicyclic) bond motifs is 1. The molecule has 2 aliphatic rings. The second kappa shape index (κ2) is 7.61. The van der Waals surface area contributed by atoms with Crippen LogP contribution in [0.4, 0.5) is 16.2 Å². The van der Waals surface area contributed by atoms with E-state index in [1.54, 1.807) is 16.2 Å². The lowest BCUT2D eigenvalue weighted by Gasteiger charge is -2.15. The van der Waals surface area contributed by atoms with Crippen LogP contribution in [0.25, 0.3) is 5.00 Å². The van der Waals surface area contributed by atoms with E-state index in [0.29, 0.717) is 13.1 Å². The maximum absolute atomic E-state index is 13.3. The van der Waals surface area contributed by atoms with Gasteiger partial charge in [-0.15, -0.1) is 11.3 Å². The van der Waals surface area contributed by atoms with Gasteiger partial charge in [-0.3, -0.25) is 9.69 Å². The number of urea groups is 1. The van der Waals surface area contributed by atoms with Gasteiger partial charge in [0.25, 0.3) is 5.91 Å². The van der Waals surface area contributed by atoms with Gasteiger partial charge in [-0.25, -0.2) is 4.79 Å². The van der Waals surface area contributed by atoms with Gasteiger partial charge in [0.1, 0.15) is 5.00 Å². The second-order valence-electron chi connectivity index (χ2n) is 6.96. The van der Waals surface area contributed by atoms with Crippen LogP contribution in [0.5, 0.6) is 0 Å². The van der Waals surface area contributed by atoms with Crippen molar-refractivity contribution < 1.29 is 9.59 Å². The summed E-state index contributed by atoms with van der Waals surface area (Å²) in [7, 11) is 0. The molecule has 4 heterocycles. The molecule has 8 heteroatoms. The molecule has 29 heavy (non-hydrogen) atoms. The number of nitrogens with zero attached hydrogens (tertiary/aromatic N) is 2. The Kier molecular flexibility index (Phi) is 4.81. The molecular formula is C21H20N4O2S2. The van der Waals surface area contributed by atoms with E-state index in [9.17, 15) is 9.59 Å². The number of thiophene rings is 1. The summed E-state index contributed by atoms with van der Waals surface area (Å²) in [5, 5.41) is 6.83. The molecule has 1 aromatic carbocycles. The topological polar surface area (TPSA) is 66.4 Å². The highest BCUT2D eigenvalue weighted by atomic mass is 32.2. The van der Waals surface area contributed by atoms with Gasteiger partial charge in [-0.2, -0.15) is 11.8 Å². The Morgan fingerprint density at radius 2 is 1.93 bits per heavy atom. The van der Waals surface area contributed by atoms with Gasteiger partial charge >= 0.3 is 6.03 Å². The zero-order valence-electron chi connectivity index (χ0n) is 15.7. The first kappa shape index (κ1) is 18.3. The highest BCUT2D eigenvalue weighted by Crippen LogP contribution is 2.38. The fourth-order valence-electron chi connectivity index (χ4n) is 3.74. The SMILES string of the molecule is O=C(Nc1ccc(N2CCNC2=O)cc1)c1c(-n2cccc2)sc2c1CCSC2. The number of nitrogens with one attached hydrogen (secondary N) is 2. The number of hydrogen-bond donors (Lipinski definition) is 2. The van der Waals surface area contributed by atoms with E-state index in [0.717, 1.165) is 39.9 Å². The first-order valence-electron chi connectivity index (χ1n) is 9.53. The molecule has 1 saturated heterocycles. The summed E-state index contributed by atoms with van der Waals surface area (Å²) in [5.41, 5.74) is 3.52. The van der Waals surface area contributed by atoms with Crippen LogP contribution in [0.15, 0.2) is 48.8 Å². The third kappa shape index (κ3) is 3.42. The van der Waals surface area contributed by atoms with Crippen molar-refractivity contribution in [3.8, 4) is 5.00 Å². The monoisotopic (exact) mass is 424 g/mol. The fourth-order valence-corrected chi connectivity index (χ4v) is 6.18. The van der Waals surface area contributed by atoms with Crippen molar-refractivity contribution >= 4 is 46.4 Å². The van der Waals surface area contributed by atoms with Crippen molar-refractivity contribution in [1.82, 2.24) is 9.88 Å². The summed E-state index contributed by atoms with van der Waals surface area (Å²) < 4.78 is 2.03. The van der Waals surface area contributed by atoms with Crippen LogP contribution >= 0.6 is 23.1 Å². The highest BCUT2D eigenvalue weighted by molar-refractivity contribution is 7.98. The Balaban J connectivity index is 1.42. The number of anilines is 2. The lowest BCUT2D eigenvalue weighted by Crippen LogP contribution is -2.27. The van der Waals surface area contributed by atoms with Gasteiger partial charge in [0.15, 0.2) is 0 Å². The van der Waals surface area contributed by atoms with Crippen LogP contribution in [0.2, 0.25) is 0 Å². The van der Waals surface area contributed by atoms with Crippen LogP contribution in [-0.2, 0) is 12.2 Å². The zero-order chi connectivity index (χ0) is 19.8. The van der Waals surface area contributed by atoms with Gasteiger partial charge in [-0.1, -0.05) is 0 Å². The Labute approximate surface area is 176 Å². The number of amides is 3. The Morgan fingerprint density at radius 3 is 2.66 bits per heavy atom. The van der Waals surface area contributed by atoms with Gasteiger partial charge in [0.2, 0.25) is 0 Å². The minimum Gasteiger partial charge on any atom is -0.336 e. The standard InChI is InChI=1S/C21H20N4O2S2/c26-19(23-14-3-5-15(6-4-14)25-11-8-22-21(25)27)18-16-7-12-28-13-17(16)29-20(18)24-9-1-2-10-24/h1-6,9-10H,7-8,11-13H2,(H,22,27)(H,23,26). The molecule has 0 saturated carbocycles. The van der Waals surface area contributed by atoms with E-state index in [-0.39, 0.29) is 11.9 Å². The molecule has 2 aliphatic heterocycles. The lowest BCUT2D eigenvalue weighted by atomic mass is 10.1. The van der Waals surface area contributed by atoms with Crippen molar-refractivity contribution in [3.63, 3.8) is 0 Å². The summed E-state index contributed by atoms with van der Waals surface area (Å²) in [4.78, 5) is 28.1. The Bertz CT molecular complexity index is 1060. The number of hydrogen-bond acceptors (Lipinski definition) is 4. The predicted octanol–water partition coefficient (Wildman–Crippen LogP) is 4.11. The van der Waals surface area contributed by atoms with Crippen LogP contribution in [0.3, 0.4) is 0 Å². The molecule has 1 fully saturated rings. The largest absolute Gasteiger partial charge is 0.336 e. The molecule has 0 unspecified atom stereocenters. The van der Waals surface area contributed by atoms with Crippen LogP contribution in [-0.4, -0.2) is 35.3 Å². The third-order valence-corrected chi connectivity index (χ3v) is 7.58. The Hall–Kier alpha value is -2.71. The normalized spacial score (nSPS) is 15.9. The van der Waals surface area contributed by atoms with Crippen LogP contribution < -0.4 is 15.5 Å². The average Bonchev–Trinajstić information content (AvgIpc) is 3.47. The summed E-state index contributed by atoms with van der Waals surface area (Å²) >= 11 is 3.63. The van der Waals surface area contributed by atoms with Crippen LogP contribution in [0, 0.1) is 0 Å². The van der Waals surface area contributed by atoms with Gasteiger partial charge < -0.3 is 15.2 Å². The average molecular weight is 425 g/mol. The van der Waals surface area contributed by atoms with Crippen molar-refractivity contribution in [3.05, 3.63) is 64.8 Å². The fraction of sp³-hybridized carbons (Fsp3) is 0.238. The number of carbonyl (C=O) groups is 2. The molecule has 2 N–H and O–H groups in total. The highest BCUT2D eigenvalue weighted by Gasteiger charge is 2.26. The molecule has 0 bridgehead atoms. The molecule has 5 rings (SSSR count). The minimum absolute atomic E-state index is 0.0789. The number of rotatable bonds is 4. The van der Waals surface area contributed by atoms with Gasteiger partial charge in [0, 0.05) is 47.5 Å². The lowest BCUT2D eigenvalue weighted by molar-refractivity contribution is 0.102. The number of aromatic nitrogens is 1. The smallest absolute Gasteiger partial charge is 0.321 e. The molecule has 3 amide bonds. The van der Waals surface area contributed by atoms with Crippen molar-refractivity contribution in [2.24, 2.45) is 0 Å². The van der Waals surface area contributed by atoms with Crippen molar-refractivity contribution in [2.45, 2.75) is 12.2 Å². The summed E-state index contributed by atoms with van der Waals surface area (Å²) in [6, 6.07) is 11.3. The molecule has 0 radical (unpaired) electrons. The number of carbonyl (C=O) groups excluding carboxylic acids is 2. The predicted molar refractivity (Wildman–Crippen MR) is 119 cm³/mol. The maximum atomic E-state index is 13.3. The molecule has 3 aromatic rings.